The van der Waals surface area contributed by atoms with Gasteiger partial charge in [-0.15, -0.1) is 0 Å². The van der Waals surface area contributed by atoms with Crippen molar-refractivity contribution in [3.05, 3.63) is 41.5 Å². The van der Waals surface area contributed by atoms with Gasteiger partial charge < -0.3 is 9.47 Å². The molecule has 0 aliphatic rings. The minimum Gasteiger partial charge on any atom is -0.490 e. The molecule has 3 heteroatoms. The fourth-order valence-electron chi connectivity index (χ4n) is 2.97. The molecule has 0 amide bonds. The van der Waals surface area contributed by atoms with Gasteiger partial charge in [-0.1, -0.05) is 37.6 Å². The molecule has 0 N–H and O–H groups in total. The zero-order valence-electron chi connectivity index (χ0n) is 15.2. The second-order valence-electron chi connectivity index (χ2n) is 6.39. The fourth-order valence-corrected chi connectivity index (χ4v) is 2.97. The summed E-state index contributed by atoms with van der Waals surface area (Å²) in [6.45, 7) is 6.67. The zero-order valence-corrected chi connectivity index (χ0v) is 15.2. The van der Waals surface area contributed by atoms with Crippen molar-refractivity contribution in [2.75, 3.05) is 13.7 Å². The number of rotatable bonds is 9. The van der Waals surface area contributed by atoms with E-state index in [0.29, 0.717) is 25.2 Å². The van der Waals surface area contributed by atoms with Crippen LogP contribution in [-0.2, 0) is 11.2 Å². The number of carbonyl (C=O) groups is 1. The van der Waals surface area contributed by atoms with Crippen LogP contribution in [0.25, 0.3) is 10.8 Å². The highest BCUT2D eigenvalue weighted by atomic mass is 16.5. The molecule has 0 radical (unpaired) electrons. The first-order valence-electron chi connectivity index (χ1n) is 8.81. The summed E-state index contributed by atoms with van der Waals surface area (Å²) in [5.74, 6) is 0.875. The molecule has 0 bridgehead atoms. The van der Waals surface area contributed by atoms with Crippen LogP contribution in [-0.4, -0.2) is 25.6 Å². The molecule has 0 saturated carbocycles. The lowest BCUT2D eigenvalue weighted by Crippen LogP contribution is -2.14. The van der Waals surface area contributed by atoms with Crippen LogP contribution in [0.3, 0.4) is 0 Å². The number of hydrogen-bond donors (Lipinski definition) is 0. The summed E-state index contributed by atoms with van der Waals surface area (Å²) in [5, 5.41) is 2.22. The summed E-state index contributed by atoms with van der Waals surface area (Å²) in [6, 6.07) is 10.2. The molecule has 2 rings (SSSR count). The van der Waals surface area contributed by atoms with Crippen molar-refractivity contribution >= 4 is 16.6 Å². The lowest BCUT2D eigenvalue weighted by Gasteiger charge is -2.19. The molecule has 3 nitrogen and oxygen atoms in total. The lowest BCUT2D eigenvalue weighted by molar-refractivity contribution is 0.0972. The molecule has 130 valence electrons. The highest BCUT2D eigenvalue weighted by Gasteiger charge is 2.21. The number of Topliss-reactive ketones (excluding diaryl/α,β-unsaturated/α-hetero) is 1. The van der Waals surface area contributed by atoms with Crippen LogP contribution < -0.4 is 4.74 Å². The van der Waals surface area contributed by atoms with Gasteiger partial charge >= 0.3 is 0 Å². The number of ketones is 1. The van der Waals surface area contributed by atoms with Gasteiger partial charge in [0.25, 0.3) is 0 Å². The Hall–Kier alpha value is -1.87. The summed E-state index contributed by atoms with van der Waals surface area (Å²) in [4.78, 5) is 12.9. The minimum absolute atomic E-state index is 0.0270. The first-order valence-corrected chi connectivity index (χ1v) is 8.81. The van der Waals surface area contributed by atoms with E-state index in [1.165, 1.54) is 0 Å². The Morgan fingerprint density at radius 2 is 1.96 bits per heavy atom. The van der Waals surface area contributed by atoms with Crippen molar-refractivity contribution in [1.29, 1.82) is 0 Å². The van der Waals surface area contributed by atoms with Crippen LogP contribution >= 0.6 is 0 Å². The van der Waals surface area contributed by atoms with Crippen LogP contribution in [0.15, 0.2) is 30.3 Å². The molecule has 0 aliphatic heterocycles. The van der Waals surface area contributed by atoms with E-state index < -0.39 is 0 Å². The molecule has 0 heterocycles. The van der Waals surface area contributed by atoms with Gasteiger partial charge in [0, 0.05) is 13.5 Å². The maximum atomic E-state index is 12.9. The smallest absolute Gasteiger partial charge is 0.166 e. The summed E-state index contributed by atoms with van der Waals surface area (Å²) in [7, 11) is 1.69. The third-order valence-corrected chi connectivity index (χ3v) is 4.08. The van der Waals surface area contributed by atoms with E-state index in [0.717, 1.165) is 34.7 Å². The highest BCUT2D eigenvalue weighted by molar-refractivity contribution is 6.05. The second kappa shape index (κ2) is 8.84. The number of hydrogen-bond acceptors (Lipinski definition) is 3. The Balaban J connectivity index is 2.63. The summed E-state index contributed by atoms with van der Waals surface area (Å²) < 4.78 is 11.3. The van der Waals surface area contributed by atoms with Crippen molar-refractivity contribution in [2.24, 2.45) is 0 Å². The molecule has 2 aromatic carbocycles. The number of methoxy groups -OCH3 is 1. The molecule has 0 unspecified atom stereocenters. The lowest BCUT2D eigenvalue weighted by atomic mass is 9.91. The summed E-state index contributed by atoms with van der Waals surface area (Å²) >= 11 is 0. The Bertz CT molecular complexity index is 689. The van der Waals surface area contributed by atoms with Crippen LogP contribution in [0, 0.1) is 0 Å². The number of ether oxygens (including phenoxy) is 2. The van der Waals surface area contributed by atoms with Crippen molar-refractivity contribution in [3.63, 3.8) is 0 Å². The second-order valence-corrected chi connectivity index (χ2v) is 6.39. The molecule has 0 saturated heterocycles. The number of fused-ring (bicyclic) bond motifs is 1. The average molecular weight is 328 g/mol. The molecule has 0 atom stereocenters. The van der Waals surface area contributed by atoms with E-state index in [1.807, 2.05) is 32.0 Å². The predicted octanol–water partition coefficient (Wildman–Crippen LogP) is 5.19. The van der Waals surface area contributed by atoms with Crippen molar-refractivity contribution in [1.82, 2.24) is 0 Å². The molecule has 0 aliphatic carbocycles. The van der Waals surface area contributed by atoms with E-state index in [2.05, 4.69) is 19.1 Å². The molecular formula is C21H28O3. The van der Waals surface area contributed by atoms with Crippen LogP contribution in [0.4, 0.5) is 0 Å². The Labute approximate surface area is 145 Å². The fraction of sp³-hybridized carbons (Fsp3) is 0.476. The standard InChI is InChI=1S/C21H28O3/c1-5-6-11-19(22)21-18(12-13-23-4)17-10-8-7-9-16(17)14-20(21)24-15(2)3/h7-10,14-15H,5-6,11-13H2,1-4H3. The van der Waals surface area contributed by atoms with Crippen LogP contribution in [0.2, 0.25) is 0 Å². The number of carbonyl (C=O) groups excluding carboxylic acids is 1. The summed E-state index contributed by atoms with van der Waals surface area (Å²) in [6.07, 6.45) is 3.20. The maximum Gasteiger partial charge on any atom is 0.166 e. The van der Waals surface area contributed by atoms with Gasteiger partial charge in [0.2, 0.25) is 0 Å². The third kappa shape index (κ3) is 4.35. The van der Waals surface area contributed by atoms with E-state index in [1.54, 1.807) is 7.11 Å². The molecule has 0 aromatic heterocycles. The Morgan fingerprint density at radius 3 is 2.62 bits per heavy atom. The highest BCUT2D eigenvalue weighted by Crippen LogP contribution is 2.33. The first-order chi connectivity index (χ1) is 11.6. The van der Waals surface area contributed by atoms with E-state index in [9.17, 15) is 4.79 Å². The predicted molar refractivity (Wildman–Crippen MR) is 99.1 cm³/mol. The summed E-state index contributed by atoms with van der Waals surface area (Å²) in [5.41, 5.74) is 1.79. The van der Waals surface area contributed by atoms with Crippen molar-refractivity contribution < 1.29 is 14.3 Å². The average Bonchev–Trinajstić information content (AvgIpc) is 2.56. The van der Waals surface area contributed by atoms with E-state index >= 15 is 0 Å². The first kappa shape index (κ1) is 18.5. The normalized spacial score (nSPS) is 11.2. The third-order valence-electron chi connectivity index (χ3n) is 4.08. The van der Waals surface area contributed by atoms with Crippen molar-refractivity contribution in [3.8, 4) is 5.75 Å². The maximum absolute atomic E-state index is 12.9. The van der Waals surface area contributed by atoms with Crippen molar-refractivity contribution in [2.45, 2.75) is 52.6 Å². The molecule has 24 heavy (non-hydrogen) atoms. The monoisotopic (exact) mass is 328 g/mol. The van der Waals surface area contributed by atoms with Gasteiger partial charge in [-0.25, -0.2) is 0 Å². The SMILES string of the molecule is CCCCC(=O)c1c(OC(C)C)cc2ccccc2c1CCOC. The van der Waals surface area contributed by atoms with Gasteiger partial charge in [0.1, 0.15) is 5.75 Å². The Morgan fingerprint density at radius 1 is 1.21 bits per heavy atom. The van der Waals surface area contributed by atoms with Gasteiger partial charge in [-0.2, -0.15) is 0 Å². The van der Waals surface area contributed by atoms with Gasteiger partial charge in [0.15, 0.2) is 5.78 Å². The molecule has 0 fully saturated rings. The molecule has 2 aromatic rings. The Kier molecular flexibility index (Phi) is 6.80. The number of benzene rings is 2. The topological polar surface area (TPSA) is 35.5 Å². The van der Waals surface area contributed by atoms with Crippen LogP contribution in [0.1, 0.15) is 56.0 Å². The van der Waals surface area contributed by atoms with E-state index in [-0.39, 0.29) is 11.9 Å². The number of unbranched alkanes of at least 4 members (excludes halogenated alkanes) is 1. The minimum atomic E-state index is 0.0270. The van der Waals surface area contributed by atoms with Gasteiger partial charge in [-0.05, 0) is 49.1 Å². The van der Waals surface area contributed by atoms with Gasteiger partial charge in [-0.3, -0.25) is 4.79 Å². The molecule has 0 spiro atoms. The van der Waals surface area contributed by atoms with Gasteiger partial charge in [0.05, 0.1) is 18.3 Å². The van der Waals surface area contributed by atoms with E-state index in [4.69, 9.17) is 9.47 Å². The molecular weight excluding hydrogens is 300 g/mol. The zero-order chi connectivity index (χ0) is 17.5. The quantitative estimate of drug-likeness (QED) is 0.594. The largest absolute Gasteiger partial charge is 0.490 e. The van der Waals surface area contributed by atoms with Crippen LogP contribution in [0.5, 0.6) is 5.75 Å².